The van der Waals surface area contributed by atoms with Gasteiger partial charge in [-0.15, -0.1) is 0 Å². The molecule has 0 amide bonds. The summed E-state index contributed by atoms with van der Waals surface area (Å²) in [5, 5.41) is 3.38. The Morgan fingerprint density at radius 2 is 1.86 bits per heavy atom. The molecule has 1 aliphatic rings. The Morgan fingerprint density at radius 1 is 1.14 bits per heavy atom. The SMILES string of the molecule is Cc1cc(C2CNCCO2)cc(C)c1OCc1ccccc1. The smallest absolute Gasteiger partial charge is 0.125 e. The first-order valence-electron chi connectivity index (χ1n) is 7.84. The molecular formula is C19H23NO2. The van der Waals surface area contributed by atoms with Crippen LogP contribution >= 0.6 is 0 Å². The van der Waals surface area contributed by atoms with Gasteiger partial charge in [-0.2, -0.15) is 0 Å². The van der Waals surface area contributed by atoms with Crippen LogP contribution in [0.3, 0.4) is 0 Å². The molecule has 2 aromatic carbocycles. The maximum atomic E-state index is 6.04. The van der Waals surface area contributed by atoms with E-state index in [-0.39, 0.29) is 6.10 Å². The minimum atomic E-state index is 0.148. The molecule has 0 radical (unpaired) electrons. The number of rotatable bonds is 4. The number of morpholine rings is 1. The zero-order valence-corrected chi connectivity index (χ0v) is 13.3. The fourth-order valence-electron chi connectivity index (χ4n) is 2.91. The zero-order chi connectivity index (χ0) is 15.4. The van der Waals surface area contributed by atoms with E-state index in [1.807, 2.05) is 18.2 Å². The fraction of sp³-hybridized carbons (Fsp3) is 0.368. The van der Waals surface area contributed by atoms with Gasteiger partial charge in [0.1, 0.15) is 12.4 Å². The Hall–Kier alpha value is -1.84. The Kier molecular flexibility index (Phi) is 4.76. The van der Waals surface area contributed by atoms with Crippen molar-refractivity contribution in [1.82, 2.24) is 5.32 Å². The molecule has 1 heterocycles. The van der Waals surface area contributed by atoms with E-state index in [4.69, 9.17) is 9.47 Å². The van der Waals surface area contributed by atoms with Crippen molar-refractivity contribution in [3.63, 3.8) is 0 Å². The monoisotopic (exact) mass is 297 g/mol. The van der Waals surface area contributed by atoms with Crippen LogP contribution in [0.25, 0.3) is 0 Å². The van der Waals surface area contributed by atoms with Gasteiger partial charge >= 0.3 is 0 Å². The van der Waals surface area contributed by atoms with Crippen LogP contribution in [-0.2, 0) is 11.3 Å². The molecule has 3 rings (SSSR count). The van der Waals surface area contributed by atoms with Crippen molar-refractivity contribution in [2.75, 3.05) is 19.7 Å². The molecule has 0 aromatic heterocycles. The molecule has 3 nitrogen and oxygen atoms in total. The number of nitrogens with one attached hydrogen (secondary N) is 1. The Labute approximate surface area is 132 Å². The van der Waals surface area contributed by atoms with E-state index in [1.54, 1.807) is 0 Å². The second-order valence-corrected chi connectivity index (χ2v) is 5.82. The first-order chi connectivity index (χ1) is 10.7. The summed E-state index contributed by atoms with van der Waals surface area (Å²) < 4.78 is 11.9. The predicted molar refractivity (Wildman–Crippen MR) is 88.3 cm³/mol. The van der Waals surface area contributed by atoms with Crippen LogP contribution in [0, 0.1) is 13.8 Å². The number of benzene rings is 2. The molecule has 0 spiro atoms. The zero-order valence-electron chi connectivity index (χ0n) is 13.3. The molecule has 1 N–H and O–H groups in total. The second kappa shape index (κ2) is 6.95. The number of hydrogen-bond donors (Lipinski definition) is 1. The highest BCUT2D eigenvalue weighted by Crippen LogP contribution is 2.30. The summed E-state index contributed by atoms with van der Waals surface area (Å²) in [5.74, 6) is 0.983. The van der Waals surface area contributed by atoms with E-state index in [0.717, 1.165) is 25.4 Å². The highest BCUT2D eigenvalue weighted by atomic mass is 16.5. The van der Waals surface area contributed by atoms with Gasteiger partial charge < -0.3 is 14.8 Å². The summed E-state index contributed by atoms with van der Waals surface area (Å²) in [6.45, 7) is 7.40. The lowest BCUT2D eigenvalue weighted by atomic mass is 10.0. The lowest BCUT2D eigenvalue weighted by Crippen LogP contribution is -2.33. The van der Waals surface area contributed by atoms with Gasteiger partial charge in [0, 0.05) is 13.1 Å². The minimum absolute atomic E-state index is 0.148. The van der Waals surface area contributed by atoms with Crippen LogP contribution in [0.4, 0.5) is 0 Å². The molecule has 1 fully saturated rings. The van der Waals surface area contributed by atoms with Crippen LogP contribution in [0.2, 0.25) is 0 Å². The quantitative estimate of drug-likeness (QED) is 0.936. The van der Waals surface area contributed by atoms with Crippen LogP contribution in [0.1, 0.15) is 28.4 Å². The molecule has 22 heavy (non-hydrogen) atoms. The Bertz CT molecular complexity index is 596. The molecule has 116 valence electrons. The maximum absolute atomic E-state index is 6.04. The third kappa shape index (κ3) is 3.49. The molecule has 3 heteroatoms. The van der Waals surface area contributed by atoms with Crippen LogP contribution in [0.5, 0.6) is 5.75 Å². The molecule has 1 atom stereocenters. The fourth-order valence-corrected chi connectivity index (χ4v) is 2.91. The Morgan fingerprint density at radius 3 is 2.50 bits per heavy atom. The summed E-state index contributed by atoms with van der Waals surface area (Å²) in [7, 11) is 0. The van der Waals surface area contributed by atoms with Gasteiger partial charge in [0.25, 0.3) is 0 Å². The van der Waals surface area contributed by atoms with Gasteiger partial charge in [0.05, 0.1) is 12.7 Å². The summed E-state index contributed by atoms with van der Waals surface area (Å²) in [6.07, 6.45) is 0.148. The van der Waals surface area contributed by atoms with Crippen molar-refractivity contribution in [3.05, 3.63) is 64.7 Å². The average molecular weight is 297 g/mol. The molecule has 0 bridgehead atoms. The Balaban J connectivity index is 1.74. The summed E-state index contributed by atoms with van der Waals surface area (Å²) >= 11 is 0. The van der Waals surface area contributed by atoms with Crippen molar-refractivity contribution in [2.24, 2.45) is 0 Å². The normalized spacial score (nSPS) is 18.2. The van der Waals surface area contributed by atoms with Gasteiger partial charge in [-0.05, 0) is 48.2 Å². The summed E-state index contributed by atoms with van der Waals surface area (Å²) in [4.78, 5) is 0. The first kappa shape index (κ1) is 15.1. The highest BCUT2D eigenvalue weighted by Gasteiger charge is 2.18. The van der Waals surface area contributed by atoms with Gasteiger partial charge in [-0.3, -0.25) is 0 Å². The highest BCUT2D eigenvalue weighted by molar-refractivity contribution is 5.44. The molecule has 0 saturated carbocycles. The largest absolute Gasteiger partial charge is 0.488 e. The molecule has 0 aliphatic carbocycles. The van der Waals surface area contributed by atoms with Crippen molar-refractivity contribution in [3.8, 4) is 5.75 Å². The van der Waals surface area contributed by atoms with Crippen molar-refractivity contribution in [2.45, 2.75) is 26.6 Å². The van der Waals surface area contributed by atoms with Gasteiger partial charge in [0.15, 0.2) is 0 Å². The van der Waals surface area contributed by atoms with Gasteiger partial charge in [-0.25, -0.2) is 0 Å². The van der Waals surface area contributed by atoms with Crippen molar-refractivity contribution in [1.29, 1.82) is 0 Å². The number of ether oxygens (including phenoxy) is 2. The molecule has 1 saturated heterocycles. The molecule has 1 unspecified atom stereocenters. The van der Waals surface area contributed by atoms with E-state index >= 15 is 0 Å². The standard InChI is InChI=1S/C19H23NO2/c1-14-10-17(18-12-20-8-9-21-18)11-15(2)19(14)22-13-16-6-4-3-5-7-16/h3-7,10-11,18,20H,8-9,12-13H2,1-2H3. The van der Waals surface area contributed by atoms with Gasteiger partial charge in [0.2, 0.25) is 0 Å². The lowest BCUT2D eigenvalue weighted by molar-refractivity contribution is 0.0276. The van der Waals surface area contributed by atoms with E-state index in [0.29, 0.717) is 6.61 Å². The lowest BCUT2D eigenvalue weighted by Gasteiger charge is -2.25. The van der Waals surface area contributed by atoms with E-state index in [2.05, 4.69) is 43.4 Å². The molecule has 2 aromatic rings. The van der Waals surface area contributed by atoms with Crippen LogP contribution in [0.15, 0.2) is 42.5 Å². The van der Waals surface area contributed by atoms with Crippen LogP contribution in [-0.4, -0.2) is 19.7 Å². The van der Waals surface area contributed by atoms with Crippen LogP contribution < -0.4 is 10.1 Å². The van der Waals surface area contributed by atoms with Crippen molar-refractivity contribution < 1.29 is 9.47 Å². The summed E-state index contributed by atoms with van der Waals surface area (Å²) in [5.41, 5.74) is 4.75. The second-order valence-electron chi connectivity index (χ2n) is 5.82. The predicted octanol–water partition coefficient (Wildman–Crippen LogP) is 3.54. The average Bonchev–Trinajstić information content (AvgIpc) is 2.56. The molecule has 1 aliphatic heterocycles. The maximum Gasteiger partial charge on any atom is 0.125 e. The first-order valence-corrected chi connectivity index (χ1v) is 7.84. The third-order valence-corrected chi connectivity index (χ3v) is 4.01. The van der Waals surface area contributed by atoms with E-state index in [9.17, 15) is 0 Å². The van der Waals surface area contributed by atoms with Gasteiger partial charge in [-0.1, -0.05) is 30.3 Å². The van der Waals surface area contributed by atoms with E-state index < -0.39 is 0 Å². The van der Waals surface area contributed by atoms with E-state index in [1.165, 1.54) is 22.3 Å². The topological polar surface area (TPSA) is 30.5 Å². The summed E-state index contributed by atoms with van der Waals surface area (Å²) in [6, 6.07) is 14.6. The molecular weight excluding hydrogens is 274 g/mol. The van der Waals surface area contributed by atoms with Crippen molar-refractivity contribution >= 4 is 0 Å². The minimum Gasteiger partial charge on any atom is -0.488 e. The third-order valence-electron chi connectivity index (χ3n) is 4.01. The number of aryl methyl sites for hydroxylation is 2. The number of hydrogen-bond acceptors (Lipinski definition) is 3.